The fourth-order valence-electron chi connectivity index (χ4n) is 1.94. The van der Waals surface area contributed by atoms with E-state index in [-0.39, 0.29) is 0 Å². The van der Waals surface area contributed by atoms with Gasteiger partial charge in [0.15, 0.2) is 0 Å². The van der Waals surface area contributed by atoms with Crippen molar-refractivity contribution in [3.8, 4) is 5.75 Å². The summed E-state index contributed by atoms with van der Waals surface area (Å²) in [5, 5.41) is 0. The minimum Gasteiger partial charge on any atom is -0.494 e. The maximum Gasteiger partial charge on any atom is 0.121 e. The molecule has 0 bridgehead atoms. The molecule has 106 valence electrons. The van der Waals surface area contributed by atoms with Crippen LogP contribution in [0.25, 0.3) is 0 Å². The van der Waals surface area contributed by atoms with Crippen LogP contribution in [0.3, 0.4) is 0 Å². The van der Waals surface area contributed by atoms with E-state index in [0.29, 0.717) is 0 Å². The molecule has 0 radical (unpaired) electrons. The number of unbranched alkanes of at least 4 members (excludes halogenated alkanes) is 3. The number of hydrogen-bond donors (Lipinski definition) is 1. The van der Waals surface area contributed by atoms with Gasteiger partial charge in [-0.05, 0) is 38.6 Å². The van der Waals surface area contributed by atoms with Crippen LogP contribution in [0.2, 0.25) is 0 Å². The van der Waals surface area contributed by atoms with Crippen LogP contribution < -0.4 is 10.5 Å². The van der Waals surface area contributed by atoms with Crippen LogP contribution in [0.4, 0.5) is 5.69 Å². The lowest BCUT2D eigenvalue weighted by molar-refractivity contribution is 0.300. The lowest BCUT2D eigenvalue weighted by atomic mass is 10.2. The molecule has 1 aromatic rings. The highest BCUT2D eigenvalue weighted by Gasteiger charge is 1.97. The van der Waals surface area contributed by atoms with E-state index in [9.17, 15) is 0 Å². The first kappa shape index (κ1) is 15.6. The Hall–Kier alpha value is -1.48. The van der Waals surface area contributed by atoms with E-state index >= 15 is 0 Å². The molecule has 0 fully saturated rings. The van der Waals surface area contributed by atoms with E-state index in [1.807, 2.05) is 30.3 Å². The number of nitrogen functional groups attached to an aromatic ring is 1. The zero-order valence-corrected chi connectivity index (χ0v) is 12.0. The quantitative estimate of drug-likeness (QED) is 0.399. The molecule has 3 heteroatoms. The molecule has 3 nitrogen and oxygen atoms in total. The van der Waals surface area contributed by atoms with E-state index in [1.54, 1.807) is 0 Å². The molecule has 1 rings (SSSR count). The normalized spacial score (nSPS) is 10.6. The minimum atomic E-state index is 0.753. The fraction of sp³-hybridized carbons (Fsp3) is 0.500. The average molecular weight is 262 g/mol. The predicted octanol–water partition coefficient (Wildman–Crippen LogP) is 3.33. The molecule has 0 aliphatic carbocycles. The second-order valence-corrected chi connectivity index (χ2v) is 4.89. The summed E-state index contributed by atoms with van der Waals surface area (Å²) in [7, 11) is 2.13. The molecule has 0 aromatic heterocycles. The molecule has 0 aliphatic rings. The van der Waals surface area contributed by atoms with Gasteiger partial charge in [-0.3, -0.25) is 0 Å². The molecule has 0 unspecified atom stereocenters. The summed E-state index contributed by atoms with van der Waals surface area (Å²) in [6.07, 6.45) is 6.74. The third-order valence-corrected chi connectivity index (χ3v) is 3.00. The summed E-state index contributed by atoms with van der Waals surface area (Å²) < 4.78 is 5.65. The molecule has 0 spiro atoms. The van der Waals surface area contributed by atoms with Gasteiger partial charge in [-0.15, -0.1) is 6.58 Å². The number of nitrogens with two attached hydrogens (primary N) is 1. The third kappa shape index (κ3) is 7.52. The van der Waals surface area contributed by atoms with Gasteiger partial charge in [0.2, 0.25) is 0 Å². The topological polar surface area (TPSA) is 38.5 Å². The predicted molar refractivity (Wildman–Crippen MR) is 82.5 cm³/mol. The zero-order valence-electron chi connectivity index (χ0n) is 12.0. The van der Waals surface area contributed by atoms with E-state index in [1.165, 1.54) is 19.3 Å². The van der Waals surface area contributed by atoms with Gasteiger partial charge in [0, 0.05) is 18.3 Å². The van der Waals surface area contributed by atoms with Gasteiger partial charge >= 0.3 is 0 Å². The zero-order chi connectivity index (χ0) is 13.9. The van der Waals surface area contributed by atoms with E-state index < -0.39 is 0 Å². The van der Waals surface area contributed by atoms with Gasteiger partial charge in [0.1, 0.15) is 5.75 Å². The van der Waals surface area contributed by atoms with Crippen LogP contribution in [0.15, 0.2) is 36.9 Å². The molecular formula is C16H26N2O. The van der Waals surface area contributed by atoms with Crippen molar-refractivity contribution in [2.45, 2.75) is 25.7 Å². The number of nitrogens with zero attached hydrogens (tertiary/aromatic N) is 1. The van der Waals surface area contributed by atoms with Gasteiger partial charge in [-0.25, -0.2) is 0 Å². The number of rotatable bonds is 10. The largest absolute Gasteiger partial charge is 0.494 e. The highest BCUT2D eigenvalue weighted by atomic mass is 16.5. The van der Waals surface area contributed by atoms with Crippen molar-refractivity contribution in [2.24, 2.45) is 0 Å². The molecule has 0 saturated carbocycles. The fourth-order valence-corrected chi connectivity index (χ4v) is 1.94. The lowest BCUT2D eigenvalue weighted by Crippen LogP contribution is -2.19. The molecule has 0 amide bonds. The van der Waals surface area contributed by atoms with Crippen LogP contribution in [0.1, 0.15) is 25.7 Å². The monoisotopic (exact) mass is 262 g/mol. The van der Waals surface area contributed by atoms with Gasteiger partial charge in [-0.1, -0.05) is 25.0 Å². The first-order valence-corrected chi connectivity index (χ1v) is 7.00. The van der Waals surface area contributed by atoms with Crippen LogP contribution in [-0.4, -0.2) is 31.6 Å². The van der Waals surface area contributed by atoms with E-state index in [4.69, 9.17) is 10.5 Å². The Bertz CT molecular complexity index is 366. The highest BCUT2D eigenvalue weighted by Crippen LogP contribution is 2.14. The van der Waals surface area contributed by atoms with Crippen molar-refractivity contribution < 1.29 is 4.74 Å². The van der Waals surface area contributed by atoms with Crippen molar-refractivity contribution in [1.29, 1.82) is 0 Å². The molecule has 0 saturated heterocycles. The van der Waals surface area contributed by atoms with Crippen molar-refractivity contribution in [3.63, 3.8) is 0 Å². The maximum absolute atomic E-state index is 5.69. The third-order valence-electron chi connectivity index (χ3n) is 3.00. The Labute approximate surface area is 117 Å². The lowest BCUT2D eigenvalue weighted by Gasteiger charge is -2.13. The van der Waals surface area contributed by atoms with Crippen LogP contribution in [0.5, 0.6) is 5.75 Å². The Kier molecular flexibility index (Phi) is 7.75. The van der Waals surface area contributed by atoms with Gasteiger partial charge < -0.3 is 15.4 Å². The van der Waals surface area contributed by atoms with Gasteiger partial charge in [0.05, 0.1) is 6.61 Å². The van der Waals surface area contributed by atoms with Crippen LogP contribution in [-0.2, 0) is 0 Å². The molecule has 0 aliphatic heterocycles. The maximum atomic E-state index is 5.69. The van der Waals surface area contributed by atoms with Crippen molar-refractivity contribution in [3.05, 3.63) is 36.9 Å². The van der Waals surface area contributed by atoms with Crippen LogP contribution >= 0.6 is 0 Å². The van der Waals surface area contributed by atoms with E-state index in [0.717, 1.165) is 37.6 Å². The first-order chi connectivity index (χ1) is 9.22. The number of anilines is 1. The summed E-state index contributed by atoms with van der Waals surface area (Å²) in [5.41, 5.74) is 6.44. The van der Waals surface area contributed by atoms with Crippen molar-refractivity contribution in [2.75, 3.05) is 32.5 Å². The smallest absolute Gasteiger partial charge is 0.121 e. The number of hydrogen-bond acceptors (Lipinski definition) is 3. The number of likely N-dealkylation sites (N-methyl/N-ethyl adjacent to an activating group) is 1. The summed E-state index contributed by atoms with van der Waals surface area (Å²) in [6, 6.07) is 7.59. The summed E-state index contributed by atoms with van der Waals surface area (Å²) in [6.45, 7) is 6.62. The minimum absolute atomic E-state index is 0.753. The van der Waals surface area contributed by atoms with Crippen LogP contribution in [0, 0.1) is 0 Å². The summed E-state index contributed by atoms with van der Waals surface area (Å²) >= 11 is 0. The Morgan fingerprint density at radius 1 is 1.26 bits per heavy atom. The Morgan fingerprint density at radius 2 is 2.05 bits per heavy atom. The highest BCUT2D eigenvalue weighted by molar-refractivity contribution is 5.43. The first-order valence-electron chi connectivity index (χ1n) is 7.00. The van der Waals surface area contributed by atoms with Gasteiger partial charge in [-0.2, -0.15) is 0 Å². The molecule has 2 N–H and O–H groups in total. The Balaban J connectivity index is 1.98. The second kappa shape index (κ2) is 9.45. The standard InChI is InChI=1S/C16H26N2O/c1-3-11-18(2)12-6-4-5-7-13-19-16-10-8-9-15(17)14-16/h3,8-10,14H,1,4-7,11-13,17H2,2H3. The Morgan fingerprint density at radius 3 is 2.79 bits per heavy atom. The molecule has 0 heterocycles. The summed E-state index contributed by atoms with van der Waals surface area (Å²) in [4.78, 5) is 2.29. The number of benzene rings is 1. The van der Waals surface area contributed by atoms with Crippen molar-refractivity contribution in [1.82, 2.24) is 4.90 Å². The van der Waals surface area contributed by atoms with Crippen molar-refractivity contribution >= 4 is 5.69 Å². The molecule has 1 aromatic carbocycles. The summed E-state index contributed by atoms with van der Waals surface area (Å²) in [5.74, 6) is 0.866. The number of ether oxygens (including phenoxy) is 1. The van der Waals surface area contributed by atoms with E-state index in [2.05, 4.69) is 18.5 Å². The average Bonchev–Trinajstić information content (AvgIpc) is 2.38. The van der Waals surface area contributed by atoms with Gasteiger partial charge in [0.25, 0.3) is 0 Å². The molecular weight excluding hydrogens is 236 g/mol. The SMILES string of the molecule is C=CCN(C)CCCCCCOc1cccc(N)c1. The molecule has 19 heavy (non-hydrogen) atoms. The second-order valence-electron chi connectivity index (χ2n) is 4.89. The molecule has 0 atom stereocenters.